The Hall–Kier alpha value is -1.34. The van der Waals surface area contributed by atoms with Crippen LogP contribution in [0.25, 0.3) is 0 Å². The molecular weight excluding hydrogens is 278 g/mol. The lowest BCUT2D eigenvalue weighted by Crippen LogP contribution is -2.34. The highest BCUT2D eigenvalue weighted by Crippen LogP contribution is 2.31. The lowest BCUT2D eigenvalue weighted by Gasteiger charge is -2.14. The van der Waals surface area contributed by atoms with E-state index in [2.05, 4.69) is 10.3 Å². The largest absolute Gasteiger partial charge is 0.376 e. The summed E-state index contributed by atoms with van der Waals surface area (Å²) in [5.41, 5.74) is -0.0862. The molecule has 0 bridgehead atoms. The van der Waals surface area contributed by atoms with E-state index in [1.807, 2.05) is 0 Å². The second kappa shape index (κ2) is 5.97. The monoisotopic (exact) mass is 295 g/mol. The number of carbonyl (C=O) groups is 1. The van der Waals surface area contributed by atoms with Gasteiger partial charge in [0, 0.05) is 37.6 Å². The van der Waals surface area contributed by atoms with E-state index in [4.69, 9.17) is 4.74 Å². The Kier molecular flexibility index (Phi) is 4.07. The topological polar surface area (TPSA) is 73.2 Å². The number of ether oxygens (including phenoxy) is 1. The second-order valence-corrected chi connectivity index (χ2v) is 6.03. The van der Waals surface area contributed by atoms with Crippen LogP contribution >= 0.6 is 11.8 Å². The third-order valence-corrected chi connectivity index (χ3v) is 4.70. The van der Waals surface area contributed by atoms with Crippen LogP contribution in [0.3, 0.4) is 0 Å². The Labute approximate surface area is 120 Å². The fraction of sp³-hybridized carbons (Fsp3) is 0.615. The molecule has 3 heterocycles. The molecular formula is C13H17N3O3S. The molecule has 0 spiro atoms. The lowest BCUT2D eigenvalue weighted by molar-refractivity contribution is -0.122. The Morgan fingerprint density at radius 2 is 2.50 bits per heavy atom. The van der Waals surface area contributed by atoms with Crippen LogP contribution in [-0.2, 0) is 9.53 Å². The van der Waals surface area contributed by atoms with Gasteiger partial charge in [-0.2, -0.15) is 0 Å². The number of amides is 1. The summed E-state index contributed by atoms with van der Waals surface area (Å²) in [6.07, 6.45) is 4.05. The third-order valence-electron chi connectivity index (χ3n) is 3.59. The molecule has 0 unspecified atom stereocenters. The van der Waals surface area contributed by atoms with Crippen LogP contribution in [0.15, 0.2) is 22.2 Å². The zero-order chi connectivity index (χ0) is 13.9. The number of nitrogens with one attached hydrogen (secondary N) is 1. The molecule has 1 amide bonds. The maximum Gasteiger partial charge on any atom is 0.254 e. The first-order valence-electron chi connectivity index (χ1n) is 6.82. The van der Waals surface area contributed by atoms with Crippen molar-refractivity contribution in [2.45, 2.75) is 36.6 Å². The summed E-state index contributed by atoms with van der Waals surface area (Å²) in [7, 11) is 0. The van der Waals surface area contributed by atoms with E-state index in [9.17, 15) is 9.59 Å². The van der Waals surface area contributed by atoms with Gasteiger partial charge in [0.1, 0.15) is 0 Å². The Bertz CT molecular complexity index is 554. The molecule has 1 aromatic heterocycles. The highest BCUT2D eigenvalue weighted by Gasteiger charge is 2.27. The summed E-state index contributed by atoms with van der Waals surface area (Å²) in [5.74, 6) is 0.689. The number of rotatable bonds is 4. The summed E-state index contributed by atoms with van der Waals surface area (Å²) in [5, 5.41) is 3.60. The SMILES string of the molecule is O=C(C[C@@H]1CSc2nccc(=O)n21)NC[C@@H]1CCCO1. The number of hydrogen-bond acceptors (Lipinski definition) is 5. The number of aromatic nitrogens is 2. The molecule has 0 radical (unpaired) electrons. The normalized spacial score (nSPS) is 24.6. The fourth-order valence-corrected chi connectivity index (χ4v) is 3.68. The molecule has 0 aromatic carbocycles. The molecule has 1 fully saturated rings. The van der Waals surface area contributed by atoms with Crippen LogP contribution in [-0.4, -0.2) is 40.5 Å². The smallest absolute Gasteiger partial charge is 0.254 e. The van der Waals surface area contributed by atoms with Gasteiger partial charge in [-0.25, -0.2) is 4.98 Å². The first-order chi connectivity index (χ1) is 9.74. The van der Waals surface area contributed by atoms with Crippen LogP contribution < -0.4 is 10.9 Å². The number of thioether (sulfide) groups is 1. The molecule has 2 atom stereocenters. The van der Waals surface area contributed by atoms with Crippen LogP contribution in [0.4, 0.5) is 0 Å². The van der Waals surface area contributed by atoms with Gasteiger partial charge in [0.25, 0.3) is 5.56 Å². The van der Waals surface area contributed by atoms with Gasteiger partial charge in [0.05, 0.1) is 12.1 Å². The molecule has 7 heteroatoms. The quantitative estimate of drug-likeness (QED) is 0.822. The number of fused-ring (bicyclic) bond motifs is 1. The van der Waals surface area contributed by atoms with Crippen molar-refractivity contribution in [3.63, 3.8) is 0 Å². The summed E-state index contributed by atoms with van der Waals surface area (Å²) >= 11 is 1.52. The van der Waals surface area contributed by atoms with Crippen molar-refractivity contribution in [3.05, 3.63) is 22.6 Å². The van der Waals surface area contributed by atoms with Crippen LogP contribution in [0.5, 0.6) is 0 Å². The van der Waals surface area contributed by atoms with E-state index in [0.717, 1.165) is 25.2 Å². The minimum absolute atomic E-state index is 0.0327. The van der Waals surface area contributed by atoms with Gasteiger partial charge < -0.3 is 10.1 Å². The van der Waals surface area contributed by atoms with Crippen LogP contribution in [0.1, 0.15) is 25.3 Å². The predicted molar refractivity (Wildman–Crippen MR) is 74.9 cm³/mol. The number of nitrogens with zero attached hydrogens (tertiary/aromatic N) is 2. The van der Waals surface area contributed by atoms with Crippen molar-refractivity contribution in [2.75, 3.05) is 18.9 Å². The zero-order valence-corrected chi connectivity index (χ0v) is 11.9. The van der Waals surface area contributed by atoms with Gasteiger partial charge in [-0.3, -0.25) is 14.2 Å². The van der Waals surface area contributed by atoms with E-state index < -0.39 is 0 Å². The molecule has 0 aliphatic carbocycles. The van der Waals surface area contributed by atoms with Crippen molar-refractivity contribution in [1.82, 2.24) is 14.9 Å². The van der Waals surface area contributed by atoms with Gasteiger partial charge in [0.2, 0.25) is 5.91 Å². The van der Waals surface area contributed by atoms with Gasteiger partial charge in [0.15, 0.2) is 5.16 Å². The summed E-state index contributed by atoms with van der Waals surface area (Å²) in [4.78, 5) is 28.0. The summed E-state index contributed by atoms with van der Waals surface area (Å²) in [6, 6.07) is 1.34. The van der Waals surface area contributed by atoms with Crippen molar-refractivity contribution in [1.29, 1.82) is 0 Å². The van der Waals surface area contributed by atoms with Crippen LogP contribution in [0.2, 0.25) is 0 Å². The van der Waals surface area contributed by atoms with E-state index >= 15 is 0 Å². The molecule has 108 valence electrons. The molecule has 6 nitrogen and oxygen atoms in total. The Morgan fingerprint density at radius 1 is 1.60 bits per heavy atom. The summed E-state index contributed by atoms with van der Waals surface area (Å²) < 4.78 is 7.09. The van der Waals surface area contributed by atoms with Gasteiger partial charge in [-0.05, 0) is 12.8 Å². The highest BCUT2D eigenvalue weighted by atomic mass is 32.2. The molecule has 2 aliphatic heterocycles. The fourth-order valence-electron chi connectivity index (χ4n) is 2.56. The number of carbonyl (C=O) groups excluding carboxylic acids is 1. The minimum atomic E-state index is -0.0966. The van der Waals surface area contributed by atoms with Gasteiger partial charge >= 0.3 is 0 Å². The first kappa shape index (κ1) is 13.6. The molecule has 1 saturated heterocycles. The van der Waals surface area contributed by atoms with Gasteiger partial charge in [-0.15, -0.1) is 0 Å². The van der Waals surface area contributed by atoms with Crippen molar-refractivity contribution >= 4 is 17.7 Å². The highest BCUT2D eigenvalue weighted by molar-refractivity contribution is 7.99. The third kappa shape index (κ3) is 2.88. The summed E-state index contributed by atoms with van der Waals surface area (Å²) in [6.45, 7) is 1.35. The molecule has 20 heavy (non-hydrogen) atoms. The van der Waals surface area contributed by atoms with Crippen LogP contribution in [0, 0.1) is 0 Å². The lowest BCUT2D eigenvalue weighted by atomic mass is 10.2. The first-order valence-corrected chi connectivity index (χ1v) is 7.81. The van der Waals surface area contributed by atoms with E-state index in [1.165, 1.54) is 24.0 Å². The molecule has 0 saturated carbocycles. The van der Waals surface area contributed by atoms with E-state index in [-0.39, 0.29) is 23.6 Å². The van der Waals surface area contributed by atoms with Gasteiger partial charge in [-0.1, -0.05) is 11.8 Å². The van der Waals surface area contributed by atoms with Crippen molar-refractivity contribution in [2.24, 2.45) is 0 Å². The molecule has 1 N–H and O–H groups in total. The molecule has 1 aromatic rings. The Morgan fingerprint density at radius 3 is 3.30 bits per heavy atom. The molecule has 3 rings (SSSR count). The minimum Gasteiger partial charge on any atom is -0.376 e. The number of hydrogen-bond donors (Lipinski definition) is 1. The Balaban J connectivity index is 1.57. The second-order valence-electron chi connectivity index (χ2n) is 5.04. The molecule has 2 aliphatic rings. The average Bonchev–Trinajstić information content (AvgIpc) is 3.07. The van der Waals surface area contributed by atoms with E-state index in [1.54, 1.807) is 4.57 Å². The zero-order valence-electron chi connectivity index (χ0n) is 11.1. The maximum atomic E-state index is 12.0. The maximum absolute atomic E-state index is 12.0. The van der Waals surface area contributed by atoms with Crippen molar-refractivity contribution < 1.29 is 9.53 Å². The standard InChI is InChI=1S/C13H17N3O3S/c17-11(15-7-10-2-1-5-19-10)6-9-8-20-13-14-4-3-12(18)16(9)13/h3-4,9-10H,1-2,5-8H2,(H,15,17)/t9-,10+/m1/s1. The average molecular weight is 295 g/mol. The predicted octanol–water partition coefficient (Wildman–Crippen LogP) is 0.575. The van der Waals surface area contributed by atoms with E-state index in [0.29, 0.717) is 18.1 Å². The van der Waals surface area contributed by atoms with Crippen molar-refractivity contribution in [3.8, 4) is 0 Å².